The molecule has 1 fully saturated rings. The van der Waals surface area contributed by atoms with E-state index >= 15 is 0 Å². The summed E-state index contributed by atoms with van der Waals surface area (Å²) in [4.78, 5) is 23.7. The van der Waals surface area contributed by atoms with Crippen LogP contribution in [0.2, 0.25) is 0 Å². The zero-order valence-electron chi connectivity index (χ0n) is 11.7. The molecule has 21 heavy (non-hydrogen) atoms. The number of benzene rings is 1. The number of allylic oxidation sites excluding steroid dienone is 2. The van der Waals surface area contributed by atoms with Crippen molar-refractivity contribution in [2.45, 2.75) is 13.3 Å². The summed E-state index contributed by atoms with van der Waals surface area (Å²) in [6.07, 6.45) is 4.67. The van der Waals surface area contributed by atoms with E-state index in [-0.39, 0.29) is 17.7 Å². The highest BCUT2D eigenvalue weighted by Gasteiger charge is 2.51. The second-order valence-electron chi connectivity index (χ2n) is 5.82. The highest BCUT2D eigenvalue weighted by atomic mass is 16.4. The van der Waals surface area contributed by atoms with Crippen molar-refractivity contribution in [3.05, 3.63) is 42.0 Å². The first-order valence-electron chi connectivity index (χ1n) is 7.10. The average Bonchev–Trinajstić information content (AvgIpc) is 3.06. The number of rotatable bonds is 4. The third kappa shape index (κ3) is 2.51. The molecule has 3 N–H and O–H groups in total. The van der Waals surface area contributed by atoms with E-state index < -0.39 is 17.8 Å². The van der Waals surface area contributed by atoms with Gasteiger partial charge in [0, 0.05) is 0 Å². The summed E-state index contributed by atoms with van der Waals surface area (Å²) in [6, 6.07) is 7.61. The molecule has 0 heterocycles. The molecule has 3 rings (SSSR count). The molecule has 110 valence electrons. The Balaban J connectivity index is 1.66. The van der Waals surface area contributed by atoms with Crippen LogP contribution in [0.1, 0.15) is 12.0 Å². The van der Waals surface area contributed by atoms with Gasteiger partial charge in [-0.2, -0.15) is 0 Å². The Morgan fingerprint density at radius 2 is 1.71 bits per heavy atom. The minimum Gasteiger partial charge on any atom is -0.481 e. The van der Waals surface area contributed by atoms with Gasteiger partial charge in [0.05, 0.1) is 17.5 Å². The van der Waals surface area contributed by atoms with Crippen LogP contribution < -0.4 is 10.9 Å². The third-order valence-corrected chi connectivity index (χ3v) is 4.43. The predicted octanol–water partition coefficient (Wildman–Crippen LogP) is 1.96. The van der Waals surface area contributed by atoms with Gasteiger partial charge in [-0.1, -0.05) is 29.8 Å². The van der Waals surface area contributed by atoms with E-state index in [2.05, 4.69) is 10.9 Å². The van der Waals surface area contributed by atoms with Gasteiger partial charge in [-0.25, -0.2) is 0 Å². The molecule has 2 aliphatic rings. The number of hydrogen-bond donors (Lipinski definition) is 3. The van der Waals surface area contributed by atoms with Crippen LogP contribution in [0.5, 0.6) is 0 Å². The highest BCUT2D eigenvalue weighted by molar-refractivity contribution is 5.87. The third-order valence-electron chi connectivity index (χ3n) is 4.43. The molecule has 1 aromatic carbocycles. The lowest BCUT2D eigenvalue weighted by Gasteiger charge is -2.24. The second kappa shape index (κ2) is 5.24. The SMILES string of the molecule is Cc1ccc(NNC(=O)[C@H]2[C@@H](C(=O)O)[C@H]3C=C[C@H]2C3)cc1. The maximum absolute atomic E-state index is 12.3. The fourth-order valence-electron chi connectivity index (χ4n) is 3.37. The number of hydrogen-bond acceptors (Lipinski definition) is 3. The maximum atomic E-state index is 12.3. The van der Waals surface area contributed by atoms with Crippen LogP contribution in [0.4, 0.5) is 5.69 Å². The summed E-state index contributed by atoms with van der Waals surface area (Å²) in [6.45, 7) is 1.99. The quantitative estimate of drug-likeness (QED) is 0.584. The minimum atomic E-state index is -0.887. The van der Waals surface area contributed by atoms with Gasteiger partial charge in [-0.05, 0) is 37.3 Å². The van der Waals surface area contributed by atoms with Gasteiger partial charge in [-0.3, -0.25) is 20.4 Å². The van der Waals surface area contributed by atoms with Crippen molar-refractivity contribution in [1.82, 2.24) is 5.43 Å². The highest BCUT2D eigenvalue weighted by Crippen LogP contribution is 2.48. The van der Waals surface area contributed by atoms with Crippen LogP contribution in [-0.2, 0) is 9.59 Å². The van der Waals surface area contributed by atoms with Gasteiger partial charge in [0.1, 0.15) is 0 Å². The molecule has 5 nitrogen and oxygen atoms in total. The number of carbonyl (C=O) groups excluding carboxylic acids is 1. The van der Waals surface area contributed by atoms with Crippen LogP contribution in [0.25, 0.3) is 0 Å². The summed E-state index contributed by atoms with van der Waals surface area (Å²) < 4.78 is 0. The van der Waals surface area contributed by atoms with E-state index in [4.69, 9.17) is 0 Å². The number of amides is 1. The lowest BCUT2D eigenvalue weighted by Crippen LogP contribution is -2.42. The largest absolute Gasteiger partial charge is 0.481 e. The predicted molar refractivity (Wildman–Crippen MR) is 78.3 cm³/mol. The summed E-state index contributed by atoms with van der Waals surface area (Å²) in [5, 5.41) is 9.34. The van der Waals surface area contributed by atoms with Crippen molar-refractivity contribution in [3.63, 3.8) is 0 Å². The number of anilines is 1. The first-order chi connectivity index (χ1) is 10.1. The van der Waals surface area contributed by atoms with Gasteiger partial charge in [0.25, 0.3) is 0 Å². The van der Waals surface area contributed by atoms with Crippen LogP contribution in [-0.4, -0.2) is 17.0 Å². The van der Waals surface area contributed by atoms with Crippen LogP contribution >= 0.6 is 0 Å². The van der Waals surface area contributed by atoms with E-state index in [1.165, 1.54) is 0 Å². The molecule has 0 aliphatic heterocycles. The number of carboxylic acid groups (broad SMARTS) is 1. The van der Waals surface area contributed by atoms with Crippen molar-refractivity contribution in [3.8, 4) is 0 Å². The standard InChI is InChI=1S/C16H18N2O3/c1-9-2-6-12(7-3-9)17-18-15(19)13-10-4-5-11(8-10)14(13)16(20)21/h2-7,10-11,13-14,17H,8H2,1H3,(H,18,19)(H,20,21)/t10-,11-,13+,14-/m0/s1. The van der Waals surface area contributed by atoms with Crippen molar-refractivity contribution in [1.29, 1.82) is 0 Å². The molecule has 1 saturated carbocycles. The Morgan fingerprint density at radius 3 is 2.33 bits per heavy atom. The number of carboxylic acids is 1. The molecule has 4 atom stereocenters. The molecular weight excluding hydrogens is 268 g/mol. The fourth-order valence-corrected chi connectivity index (χ4v) is 3.37. The number of nitrogens with one attached hydrogen (secondary N) is 2. The van der Waals surface area contributed by atoms with E-state index in [0.717, 1.165) is 17.7 Å². The lowest BCUT2D eigenvalue weighted by atomic mass is 9.82. The summed E-state index contributed by atoms with van der Waals surface area (Å²) in [7, 11) is 0. The van der Waals surface area contributed by atoms with E-state index in [1.54, 1.807) is 0 Å². The van der Waals surface area contributed by atoms with Crippen molar-refractivity contribution in [2.75, 3.05) is 5.43 Å². The normalized spacial score (nSPS) is 29.4. The zero-order chi connectivity index (χ0) is 15.0. The monoisotopic (exact) mass is 286 g/mol. The molecule has 0 unspecified atom stereocenters. The maximum Gasteiger partial charge on any atom is 0.307 e. The van der Waals surface area contributed by atoms with E-state index in [9.17, 15) is 14.7 Å². The molecular formula is C16H18N2O3. The molecule has 0 saturated heterocycles. The molecule has 0 radical (unpaired) electrons. The van der Waals surface area contributed by atoms with Crippen LogP contribution in [0, 0.1) is 30.6 Å². The van der Waals surface area contributed by atoms with Crippen molar-refractivity contribution < 1.29 is 14.7 Å². The van der Waals surface area contributed by atoms with Gasteiger partial charge in [-0.15, -0.1) is 0 Å². The number of hydrazine groups is 1. The molecule has 0 spiro atoms. The number of aliphatic carboxylic acids is 1. The lowest BCUT2D eigenvalue weighted by molar-refractivity contribution is -0.147. The van der Waals surface area contributed by atoms with Crippen molar-refractivity contribution in [2.24, 2.45) is 23.7 Å². The summed E-state index contributed by atoms with van der Waals surface area (Å²) in [5.41, 5.74) is 7.41. The zero-order valence-corrected chi connectivity index (χ0v) is 11.7. The Labute approximate surface area is 123 Å². The Kier molecular flexibility index (Phi) is 3.41. The average molecular weight is 286 g/mol. The van der Waals surface area contributed by atoms with Gasteiger partial charge >= 0.3 is 5.97 Å². The summed E-state index contributed by atoms with van der Waals surface area (Å²) >= 11 is 0. The molecule has 5 heteroatoms. The Hall–Kier alpha value is -2.30. The molecule has 2 aliphatic carbocycles. The number of carbonyl (C=O) groups is 2. The van der Waals surface area contributed by atoms with Crippen LogP contribution in [0.3, 0.4) is 0 Å². The fraction of sp³-hybridized carbons (Fsp3) is 0.375. The molecule has 1 aromatic rings. The van der Waals surface area contributed by atoms with E-state index in [0.29, 0.717) is 0 Å². The van der Waals surface area contributed by atoms with Gasteiger partial charge < -0.3 is 5.11 Å². The first kappa shape index (κ1) is 13.7. The van der Waals surface area contributed by atoms with Gasteiger partial charge in [0.2, 0.25) is 5.91 Å². The smallest absolute Gasteiger partial charge is 0.307 e. The molecule has 0 aromatic heterocycles. The minimum absolute atomic E-state index is 0.0115. The molecule has 2 bridgehead atoms. The summed E-state index contributed by atoms with van der Waals surface area (Å²) in [5.74, 6) is -2.21. The van der Waals surface area contributed by atoms with E-state index in [1.807, 2.05) is 43.3 Å². The Morgan fingerprint density at radius 1 is 1.10 bits per heavy atom. The van der Waals surface area contributed by atoms with Crippen molar-refractivity contribution >= 4 is 17.6 Å². The van der Waals surface area contributed by atoms with Gasteiger partial charge in [0.15, 0.2) is 0 Å². The number of aryl methyl sites for hydroxylation is 1. The second-order valence-corrected chi connectivity index (χ2v) is 5.82. The molecule has 1 amide bonds. The first-order valence-corrected chi connectivity index (χ1v) is 7.10. The topological polar surface area (TPSA) is 78.4 Å². The van der Waals surface area contributed by atoms with Crippen LogP contribution in [0.15, 0.2) is 36.4 Å². The number of fused-ring (bicyclic) bond motifs is 2. The Bertz CT molecular complexity index is 594.